The standard InChI is InChI=1S/C12H17N/c1-5-11-8-6-7-9-12(2,10-11)13(3)4/h5-10H,1H2,2-4H3. The van der Waals surface area contributed by atoms with E-state index in [0.29, 0.717) is 0 Å². The fourth-order valence-corrected chi connectivity index (χ4v) is 1.26. The summed E-state index contributed by atoms with van der Waals surface area (Å²) in [5, 5.41) is 0. The lowest BCUT2D eigenvalue weighted by Crippen LogP contribution is -2.37. The summed E-state index contributed by atoms with van der Waals surface area (Å²) in [6.45, 7) is 5.97. The molecule has 1 rings (SSSR count). The van der Waals surface area contributed by atoms with Crippen LogP contribution < -0.4 is 0 Å². The number of rotatable bonds is 2. The molecule has 1 atom stereocenters. The Morgan fingerprint density at radius 2 is 2.08 bits per heavy atom. The van der Waals surface area contributed by atoms with Crippen molar-refractivity contribution in [3.63, 3.8) is 0 Å². The third-order valence-corrected chi connectivity index (χ3v) is 2.49. The van der Waals surface area contributed by atoms with Gasteiger partial charge in [-0.1, -0.05) is 43.0 Å². The van der Waals surface area contributed by atoms with Gasteiger partial charge in [-0.05, 0) is 26.6 Å². The van der Waals surface area contributed by atoms with Crippen molar-refractivity contribution < 1.29 is 0 Å². The topological polar surface area (TPSA) is 3.24 Å². The second-order valence-corrected chi connectivity index (χ2v) is 3.69. The molecule has 1 aliphatic rings. The van der Waals surface area contributed by atoms with Gasteiger partial charge in [-0.15, -0.1) is 0 Å². The Balaban J connectivity index is 3.06. The van der Waals surface area contributed by atoms with Crippen molar-refractivity contribution in [2.45, 2.75) is 12.5 Å². The van der Waals surface area contributed by atoms with Gasteiger partial charge < -0.3 is 0 Å². The molecule has 0 aliphatic heterocycles. The second-order valence-electron chi connectivity index (χ2n) is 3.69. The van der Waals surface area contributed by atoms with Crippen LogP contribution in [-0.2, 0) is 0 Å². The molecule has 0 saturated carbocycles. The predicted molar refractivity (Wildman–Crippen MR) is 58.7 cm³/mol. The molecule has 1 aliphatic carbocycles. The van der Waals surface area contributed by atoms with E-state index in [0.717, 1.165) is 0 Å². The third-order valence-electron chi connectivity index (χ3n) is 2.49. The Kier molecular flexibility index (Phi) is 2.89. The normalized spacial score (nSPS) is 27.2. The van der Waals surface area contributed by atoms with Gasteiger partial charge in [-0.25, -0.2) is 0 Å². The Labute approximate surface area is 80.7 Å². The zero-order chi connectivity index (χ0) is 9.90. The van der Waals surface area contributed by atoms with Crippen LogP contribution in [0, 0.1) is 0 Å². The van der Waals surface area contributed by atoms with Gasteiger partial charge in [0.05, 0.1) is 5.54 Å². The van der Waals surface area contributed by atoms with Gasteiger partial charge in [0.25, 0.3) is 0 Å². The van der Waals surface area contributed by atoms with Gasteiger partial charge in [0.2, 0.25) is 0 Å². The zero-order valence-electron chi connectivity index (χ0n) is 8.62. The summed E-state index contributed by atoms with van der Waals surface area (Å²) >= 11 is 0. The van der Waals surface area contributed by atoms with E-state index >= 15 is 0 Å². The molecule has 0 amide bonds. The van der Waals surface area contributed by atoms with Crippen LogP contribution in [0.25, 0.3) is 0 Å². The van der Waals surface area contributed by atoms with Crippen molar-refractivity contribution in [2.24, 2.45) is 0 Å². The lowest BCUT2D eigenvalue weighted by molar-refractivity contribution is 0.285. The first-order chi connectivity index (χ1) is 6.08. The largest absolute Gasteiger partial charge is 0.297 e. The second kappa shape index (κ2) is 3.75. The molecule has 0 N–H and O–H groups in total. The van der Waals surface area contributed by atoms with E-state index in [1.807, 2.05) is 12.2 Å². The number of hydrogen-bond donors (Lipinski definition) is 0. The van der Waals surface area contributed by atoms with Gasteiger partial charge >= 0.3 is 0 Å². The van der Waals surface area contributed by atoms with E-state index in [1.165, 1.54) is 5.57 Å². The Bertz CT molecular complexity index is 281. The first kappa shape index (κ1) is 10.0. The molecule has 0 spiro atoms. The van der Waals surface area contributed by atoms with Crippen LogP contribution in [0.4, 0.5) is 0 Å². The van der Waals surface area contributed by atoms with Crippen molar-refractivity contribution in [1.29, 1.82) is 0 Å². The summed E-state index contributed by atoms with van der Waals surface area (Å²) in [6, 6.07) is 0. The smallest absolute Gasteiger partial charge is 0.0553 e. The molecule has 13 heavy (non-hydrogen) atoms. The molecule has 0 radical (unpaired) electrons. The molecule has 0 fully saturated rings. The number of allylic oxidation sites excluding steroid dienone is 5. The highest BCUT2D eigenvalue weighted by Crippen LogP contribution is 2.20. The van der Waals surface area contributed by atoms with Gasteiger partial charge in [0.1, 0.15) is 0 Å². The Hall–Kier alpha value is -1.08. The van der Waals surface area contributed by atoms with E-state index in [2.05, 4.69) is 56.8 Å². The highest BCUT2D eigenvalue weighted by atomic mass is 15.1. The van der Waals surface area contributed by atoms with Gasteiger partial charge in [-0.3, -0.25) is 4.90 Å². The summed E-state index contributed by atoms with van der Waals surface area (Å²) in [7, 11) is 4.15. The quantitative estimate of drug-likeness (QED) is 0.623. The Morgan fingerprint density at radius 1 is 1.38 bits per heavy atom. The first-order valence-electron chi connectivity index (χ1n) is 4.47. The highest BCUT2D eigenvalue weighted by molar-refractivity contribution is 5.39. The summed E-state index contributed by atoms with van der Waals surface area (Å²) in [5.74, 6) is 0. The van der Waals surface area contributed by atoms with Crippen LogP contribution in [0.15, 0.2) is 48.6 Å². The van der Waals surface area contributed by atoms with Crippen LogP contribution in [0.1, 0.15) is 6.92 Å². The first-order valence-corrected chi connectivity index (χ1v) is 4.47. The third kappa shape index (κ3) is 2.19. The van der Waals surface area contributed by atoms with Crippen LogP contribution in [0.3, 0.4) is 0 Å². The molecule has 1 nitrogen and oxygen atoms in total. The van der Waals surface area contributed by atoms with E-state index in [-0.39, 0.29) is 5.54 Å². The van der Waals surface area contributed by atoms with Crippen molar-refractivity contribution in [3.05, 3.63) is 48.6 Å². The zero-order valence-corrected chi connectivity index (χ0v) is 8.62. The molecular weight excluding hydrogens is 158 g/mol. The van der Waals surface area contributed by atoms with Crippen molar-refractivity contribution in [1.82, 2.24) is 4.90 Å². The number of likely N-dealkylation sites (N-methyl/N-ethyl adjacent to an activating group) is 1. The van der Waals surface area contributed by atoms with Gasteiger partial charge in [0.15, 0.2) is 0 Å². The fourth-order valence-electron chi connectivity index (χ4n) is 1.26. The van der Waals surface area contributed by atoms with Crippen molar-refractivity contribution in [3.8, 4) is 0 Å². The molecule has 0 bridgehead atoms. The molecule has 0 aromatic heterocycles. The van der Waals surface area contributed by atoms with E-state index in [4.69, 9.17) is 0 Å². The maximum atomic E-state index is 3.79. The maximum absolute atomic E-state index is 3.79. The minimum atomic E-state index is -0.00692. The lowest BCUT2D eigenvalue weighted by atomic mass is 9.98. The van der Waals surface area contributed by atoms with E-state index < -0.39 is 0 Å². The van der Waals surface area contributed by atoms with E-state index in [1.54, 1.807) is 0 Å². The van der Waals surface area contributed by atoms with Crippen LogP contribution in [0.2, 0.25) is 0 Å². The average molecular weight is 175 g/mol. The Morgan fingerprint density at radius 3 is 2.62 bits per heavy atom. The van der Waals surface area contributed by atoms with Gasteiger partial charge in [0, 0.05) is 0 Å². The summed E-state index contributed by atoms with van der Waals surface area (Å²) in [6.07, 6.45) is 12.5. The molecule has 1 heteroatoms. The average Bonchev–Trinajstić information content (AvgIpc) is 2.28. The minimum absolute atomic E-state index is 0.00692. The number of hydrogen-bond acceptors (Lipinski definition) is 1. The summed E-state index contributed by atoms with van der Waals surface area (Å²) < 4.78 is 0. The van der Waals surface area contributed by atoms with Crippen molar-refractivity contribution >= 4 is 0 Å². The molecule has 0 heterocycles. The minimum Gasteiger partial charge on any atom is -0.297 e. The molecule has 0 saturated heterocycles. The molecule has 1 unspecified atom stereocenters. The number of nitrogens with zero attached hydrogens (tertiary/aromatic N) is 1. The molecule has 0 aromatic carbocycles. The van der Waals surface area contributed by atoms with Gasteiger partial charge in [-0.2, -0.15) is 0 Å². The molecular formula is C12H17N. The van der Waals surface area contributed by atoms with Crippen LogP contribution >= 0.6 is 0 Å². The van der Waals surface area contributed by atoms with Crippen molar-refractivity contribution in [2.75, 3.05) is 14.1 Å². The lowest BCUT2D eigenvalue weighted by Gasteiger charge is -2.30. The monoisotopic (exact) mass is 175 g/mol. The summed E-state index contributed by atoms with van der Waals surface area (Å²) in [5.41, 5.74) is 1.16. The summed E-state index contributed by atoms with van der Waals surface area (Å²) in [4.78, 5) is 2.18. The maximum Gasteiger partial charge on any atom is 0.0553 e. The van der Waals surface area contributed by atoms with E-state index in [9.17, 15) is 0 Å². The highest BCUT2D eigenvalue weighted by Gasteiger charge is 2.20. The van der Waals surface area contributed by atoms with Crippen LogP contribution in [0.5, 0.6) is 0 Å². The fraction of sp³-hybridized carbons (Fsp3) is 0.333. The van der Waals surface area contributed by atoms with Crippen LogP contribution in [-0.4, -0.2) is 24.5 Å². The SMILES string of the molecule is C=CC1=CC(C)(N(C)C)C=CC=C1. The predicted octanol–water partition coefficient (Wildman–Crippen LogP) is 2.55. The molecule has 70 valence electrons. The molecule has 0 aromatic rings.